The van der Waals surface area contributed by atoms with Gasteiger partial charge in [0.2, 0.25) is 0 Å². The van der Waals surface area contributed by atoms with E-state index in [1.54, 1.807) is 11.3 Å². The number of aromatic nitrogens is 3. The van der Waals surface area contributed by atoms with E-state index in [1.165, 1.54) is 0 Å². The number of nitrogen functional groups attached to an aromatic ring is 1. The highest BCUT2D eigenvalue weighted by molar-refractivity contribution is 7.09. The minimum absolute atomic E-state index is 0.187. The average molecular weight is 279 g/mol. The second-order valence-electron chi connectivity index (χ2n) is 4.56. The number of hydrogen-bond acceptors (Lipinski definition) is 5. The molecule has 6 heteroatoms. The molecule has 0 saturated carbocycles. The summed E-state index contributed by atoms with van der Waals surface area (Å²) in [5.74, 6) is 0.894. The Morgan fingerprint density at radius 2 is 2.26 bits per heavy atom. The molecule has 0 radical (unpaired) electrons. The Kier molecular flexibility index (Phi) is 4.42. The van der Waals surface area contributed by atoms with Gasteiger partial charge in [-0.2, -0.15) is 5.10 Å². The second-order valence-corrected chi connectivity index (χ2v) is 5.48. The lowest BCUT2D eigenvalue weighted by Crippen LogP contribution is -2.13. The minimum atomic E-state index is 0.187. The van der Waals surface area contributed by atoms with Gasteiger partial charge in [0.05, 0.1) is 17.4 Å². The zero-order valence-electron chi connectivity index (χ0n) is 11.7. The average Bonchev–Trinajstić information content (AvgIpc) is 2.99. The molecule has 0 amide bonds. The summed E-state index contributed by atoms with van der Waals surface area (Å²) < 4.78 is 1.83. The van der Waals surface area contributed by atoms with Crippen LogP contribution in [0.5, 0.6) is 0 Å². The van der Waals surface area contributed by atoms with Crippen molar-refractivity contribution in [1.82, 2.24) is 14.8 Å². The lowest BCUT2D eigenvalue weighted by molar-refractivity contribution is 0.696. The van der Waals surface area contributed by atoms with Gasteiger partial charge in [-0.25, -0.2) is 4.98 Å². The van der Waals surface area contributed by atoms with Crippen LogP contribution in [-0.4, -0.2) is 14.8 Å². The van der Waals surface area contributed by atoms with E-state index < -0.39 is 0 Å². The molecule has 0 fully saturated rings. The molecule has 2 rings (SSSR count). The first-order valence-corrected chi connectivity index (χ1v) is 7.52. The molecule has 0 aromatic carbocycles. The Balaban J connectivity index is 2.22. The number of aryl methyl sites for hydroxylation is 2. The largest absolute Gasteiger partial charge is 0.394 e. The first-order valence-electron chi connectivity index (χ1n) is 6.64. The van der Waals surface area contributed by atoms with E-state index in [2.05, 4.69) is 29.2 Å². The van der Waals surface area contributed by atoms with Gasteiger partial charge >= 0.3 is 0 Å². The quantitative estimate of drug-likeness (QED) is 0.853. The SMILES string of the molecule is CCCc1nn(C)c(NC(CC)c2nccs2)c1N. The van der Waals surface area contributed by atoms with Gasteiger partial charge in [-0.05, 0) is 12.8 Å². The monoisotopic (exact) mass is 279 g/mol. The normalized spacial score (nSPS) is 12.6. The summed E-state index contributed by atoms with van der Waals surface area (Å²) in [6.07, 6.45) is 4.75. The Morgan fingerprint density at radius 3 is 2.84 bits per heavy atom. The van der Waals surface area contributed by atoms with E-state index in [0.717, 1.165) is 41.5 Å². The standard InChI is InChI=1S/C13H21N5S/c1-4-6-10-11(14)12(18(3)17-10)16-9(5-2)13-15-7-8-19-13/h7-9,16H,4-6,14H2,1-3H3. The summed E-state index contributed by atoms with van der Waals surface area (Å²) in [7, 11) is 1.92. The maximum atomic E-state index is 6.18. The van der Waals surface area contributed by atoms with Crippen molar-refractivity contribution < 1.29 is 0 Å². The van der Waals surface area contributed by atoms with Crippen LogP contribution in [0.3, 0.4) is 0 Å². The molecule has 0 bridgehead atoms. The predicted molar refractivity (Wildman–Crippen MR) is 80.4 cm³/mol. The smallest absolute Gasteiger partial charge is 0.148 e. The minimum Gasteiger partial charge on any atom is -0.394 e. The molecule has 3 N–H and O–H groups in total. The lowest BCUT2D eigenvalue weighted by atomic mass is 10.2. The van der Waals surface area contributed by atoms with Gasteiger partial charge in [0.1, 0.15) is 10.8 Å². The summed E-state index contributed by atoms with van der Waals surface area (Å²) in [6.45, 7) is 4.27. The molecule has 0 aliphatic heterocycles. The summed E-state index contributed by atoms with van der Waals surface area (Å²) in [5, 5.41) is 11.0. The van der Waals surface area contributed by atoms with Gasteiger partial charge in [-0.1, -0.05) is 20.3 Å². The third-order valence-electron chi connectivity index (χ3n) is 3.12. The van der Waals surface area contributed by atoms with Gasteiger partial charge < -0.3 is 11.1 Å². The van der Waals surface area contributed by atoms with E-state index >= 15 is 0 Å². The van der Waals surface area contributed by atoms with E-state index in [1.807, 2.05) is 23.3 Å². The first-order chi connectivity index (χ1) is 9.17. The lowest BCUT2D eigenvalue weighted by Gasteiger charge is -2.16. The van der Waals surface area contributed by atoms with Crippen LogP contribution < -0.4 is 11.1 Å². The van der Waals surface area contributed by atoms with Crippen LogP contribution in [0.2, 0.25) is 0 Å². The Bertz CT molecular complexity index is 517. The molecule has 104 valence electrons. The van der Waals surface area contributed by atoms with Crippen molar-refractivity contribution in [3.05, 3.63) is 22.3 Å². The van der Waals surface area contributed by atoms with Crippen LogP contribution in [0.15, 0.2) is 11.6 Å². The highest BCUT2D eigenvalue weighted by atomic mass is 32.1. The van der Waals surface area contributed by atoms with Gasteiger partial charge in [0.15, 0.2) is 0 Å². The molecule has 0 aliphatic rings. The molecule has 1 unspecified atom stereocenters. The molecule has 0 aliphatic carbocycles. The maximum absolute atomic E-state index is 6.18. The fourth-order valence-corrected chi connectivity index (χ4v) is 2.87. The van der Waals surface area contributed by atoms with Crippen molar-refractivity contribution in [2.45, 2.75) is 39.2 Å². The van der Waals surface area contributed by atoms with Gasteiger partial charge in [0, 0.05) is 18.6 Å². The zero-order chi connectivity index (χ0) is 13.8. The predicted octanol–water partition coefficient (Wildman–Crippen LogP) is 2.97. The van der Waals surface area contributed by atoms with Gasteiger partial charge in [0.25, 0.3) is 0 Å². The number of anilines is 2. The van der Waals surface area contributed by atoms with Crippen LogP contribution in [0.25, 0.3) is 0 Å². The number of nitrogens with two attached hydrogens (primary N) is 1. The van der Waals surface area contributed by atoms with Crippen molar-refractivity contribution in [2.75, 3.05) is 11.1 Å². The molecule has 0 spiro atoms. The number of hydrogen-bond donors (Lipinski definition) is 2. The fraction of sp³-hybridized carbons (Fsp3) is 0.538. The number of nitrogens with zero attached hydrogens (tertiary/aromatic N) is 3. The van der Waals surface area contributed by atoms with Gasteiger partial charge in [-0.3, -0.25) is 4.68 Å². The molecule has 5 nitrogen and oxygen atoms in total. The topological polar surface area (TPSA) is 68.8 Å². The summed E-state index contributed by atoms with van der Waals surface area (Å²) >= 11 is 1.66. The Morgan fingerprint density at radius 1 is 1.47 bits per heavy atom. The van der Waals surface area contributed by atoms with Crippen LogP contribution in [0.1, 0.15) is 43.4 Å². The molecule has 1 atom stereocenters. The van der Waals surface area contributed by atoms with Crippen molar-refractivity contribution in [1.29, 1.82) is 0 Å². The van der Waals surface area contributed by atoms with E-state index in [0.29, 0.717) is 0 Å². The molecule has 0 saturated heterocycles. The Hall–Kier alpha value is -1.56. The van der Waals surface area contributed by atoms with Crippen LogP contribution in [0.4, 0.5) is 11.5 Å². The fourth-order valence-electron chi connectivity index (χ4n) is 2.10. The zero-order valence-corrected chi connectivity index (χ0v) is 12.5. The van der Waals surface area contributed by atoms with E-state index in [-0.39, 0.29) is 6.04 Å². The number of nitrogens with one attached hydrogen (secondary N) is 1. The molecular weight excluding hydrogens is 258 g/mol. The first kappa shape index (κ1) is 13.9. The third kappa shape index (κ3) is 2.89. The molecule has 2 aromatic heterocycles. The van der Waals surface area contributed by atoms with E-state index in [9.17, 15) is 0 Å². The van der Waals surface area contributed by atoms with E-state index in [4.69, 9.17) is 5.73 Å². The van der Waals surface area contributed by atoms with Crippen LogP contribution in [0, 0.1) is 0 Å². The van der Waals surface area contributed by atoms with Crippen molar-refractivity contribution >= 4 is 22.8 Å². The Labute approximate surface area is 117 Å². The highest BCUT2D eigenvalue weighted by Crippen LogP contribution is 2.29. The number of thiazole rings is 1. The summed E-state index contributed by atoms with van der Waals surface area (Å²) in [6, 6.07) is 0.187. The summed E-state index contributed by atoms with van der Waals surface area (Å²) in [5.41, 5.74) is 7.92. The van der Waals surface area contributed by atoms with Crippen molar-refractivity contribution in [3.63, 3.8) is 0 Å². The molecular formula is C13H21N5S. The highest BCUT2D eigenvalue weighted by Gasteiger charge is 2.18. The summed E-state index contributed by atoms with van der Waals surface area (Å²) in [4.78, 5) is 4.37. The van der Waals surface area contributed by atoms with Crippen molar-refractivity contribution in [2.24, 2.45) is 7.05 Å². The third-order valence-corrected chi connectivity index (χ3v) is 4.01. The molecule has 2 aromatic rings. The number of rotatable bonds is 6. The van der Waals surface area contributed by atoms with Crippen LogP contribution >= 0.6 is 11.3 Å². The van der Waals surface area contributed by atoms with Crippen LogP contribution in [-0.2, 0) is 13.5 Å². The van der Waals surface area contributed by atoms with Crippen molar-refractivity contribution in [3.8, 4) is 0 Å². The maximum Gasteiger partial charge on any atom is 0.148 e. The molecule has 19 heavy (non-hydrogen) atoms. The van der Waals surface area contributed by atoms with Gasteiger partial charge in [-0.15, -0.1) is 11.3 Å². The molecule has 2 heterocycles. The second kappa shape index (κ2) is 6.06.